The molecule has 1 fully saturated rings. The van der Waals surface area contributed by atoms with Crippen molar-refractivity contribution < 1.29 is 18.0 Å². The normalized spacial score (nSPS) is 18.8. The molecule has 3 nitrogen and oxygen atoms in total. The fraction of sp³-hybridized carbons (Fsp3) is 0.462. The maximum Gasteiger partial charge on any atom is 0.416 e. The Morgan fingerprint density at radius 1 is 1.33 bits per heavy atom. The monoisotopic (exact) mass is 386 g/mol. The highest BCUT2D eigenvalue weighted by molar-refractivity contribution is 9.10. The van der Waals surface area contributed by atoms with Gasteiger partial charge in [0.05, 0.1) is 11.5 Å². The van der Waals surface area contributed by atoms with Crippen LogP contribution in [-0.4, -0.2) is 19.0 Å². The first kappa shape index (κ1) is 18.3. The van der Waals surface area contributed by atoms with Crippen molar-refractivity contribution >= 4 is 39.9 Å². The Labute approximate surface area is 135 Å². The molecule has 0 saturated carbocycles. The molecule has 0 aromatic heterocycles. The van der Waals surface area contributed by atoms with Crippen LogP contribution in [0.2, 0.25) is 0 Å². The molecule has 1 amide bonds. The minimum atomic E-state index is -4.43. The molecule has 1 atom stereocenters. The molecule has 1 aromatic rings. The smallest absolute Gasteiger partial charge is 0.326 e. The highest BCUT2D eigenvalue weighted by Crippen LogP contribution is 2.33. The lowest BCUT2D eigenvalue weighted by Gasteiger charge is -2.22. The number of alkyl halides is 3. The Hall–Kier alpha value is -0.790. The summed E-state index contributed by atoms with van der Waals surface area (Å²) in [5.41, 5.74) is -0.633. The van der Waals surface area contributed by atoms with Gasteiger partial charge in [0.25, 0.3) is 0 Å². The molecule has 1 saturated heterocycles. The summed E-state index contributed by atoms with van der Waals surface area (Å²) in [5.74, 6) is -0.444. The molecule has 0 spiro atoms. The molecule has 0 aliphatic carbocycles. The number of piperidine rings is 1. The van der Waals surface area contributed by atoms with Crippen LogP contribution in [-0.2, 0) is 11.0 Å². The second kappa shape index (κ2) is 7.47. The maximum absolute atomic E-state index is 12.7. The van der Waals surface area contributed by atoms with Crippen molar-refractivity contribution in [1.82, 2.24) is 5.32 Å². The maximum atomic E-state index is 12.7. The van der Waals surface area contributed by atoms with Crippen LogP contribution in [0.5, 0.6) is 0 Å². The average molecular weight is 388 g/mol. The lowest BCUT2D eigenvalue weighted by Crippen LogP contribution is -2.37. The predicted octanol–water partition coefficient (Wildman–Crippen LogP) is 3.83. The highest BCUT2D eigenvalue weighted by Gasteiger charge is 2.31. The Bertz CT molecular complexity index is 505. The largest absolute Gasteiger partial charge is 0.416 e. The summed E-state index contributed by atoms with van der Waals surface area (Å²) in [4.78, 5) is 12.0. The van der Waals surface area contributed by atoms with Gasteiger partial charge in [-0.05, 0) is 37.6 Å². The SMILES string of the molecule is Cl.O=C(Nc1cc(Br)cc(C(F)(F)F)c1)C1CCCNC1. The van der Waals surface area contributed by atoms with Gasteiger partial charge in [-0.2, -0.15) is 13.2 Å². The van der Waals surface area contributed by atoms with Gasteiger partial charge in [-0.15, -0.1) is 12.4 Å². The zero-order valence-corrected chi connectivity index (χ0v) is 13.4. The molecule has 118 valence electrons. The van der Waals surface area contributed by atoms with Gasteiger partial charge in [0.15, 0.2) is 0 Å². The summed E-state index contributed by atoms with van der Waals surface area (Å²) in [6.07, 6.45) is -2.79. The standard InChI is InChI=1S/C13H14BrF3N2O.ClH/c14-10-4-9(13(15,16)17)5-11(6-10)19-12(20)8-2-1-3-18-7-8;/h4-6,8,18H,1-3,7H2,(H,19,20);1H. The summed E-state index contributed by atoms with van der Waals surface area (Å²) in [5, 5.41) is 5.65. The fourth-order valence-electron chi connectivity index (χ4n) is 2.15. The topological polar surface area (TPSA) is 41.1 Å². The molecular formula is C13H15BrClF3N2O. The van der Waals surface area contributed by atoms with Crippen molar-refractivity contribution in [2.45, 2.75) is 19.0 Å². The van der Waals surface area contributed by atoms with Gasteiger partial charge in [-0.3, -0.25) is 4.79 Å². The number of carbonyl (C=O) groups excluding carboxylic acids is 1. The van der Waals surface area contributed by atoms with E-state index in [4.69, 9.17) is 0 Å². The van der Waals surface area contributed by atoms with Gasteiger partial charge >= 0.3 is 6.18 Å². The highest BCUT2D eigenvalue weighted by atomic mass is 79.9. The molecule has 1 unspecified atom stereocenters. The number of anilines is 1. The molecule has 1 aliphatic rings. The van der Waals surface area contributed by atoms with E-state index in [1.165, 1.54) is 6.07 Å². The number of halogens is 5. The number of rotatable bonds is 2. The van der Waals surface area contributed by atoms with E-state index in [-0.39, 0.29) is 34.4 Å². The van der Waals surface area contributed by atoms with Crippen molar-refractivity contribution in [3.05, 3.63) is 28.2 Å². The van der Waals surface area contributed by atoms with Gasteiger partial charge in [-0.1, -0.05) is 15.9 Å². The van der Waals surface area contributed by atoms with Crippen LogP contribution < -0.4 is 10.6 Å². The molecular weight excluding hydrogens is 373 g/mol. The fourth-order valence-corrected chi connectivity index (χ4v) is 2.64. The van der Waals surface area contributed by atoms with Gasteiger partial charge in [0.1, 0.15) is 0 Å². The molecule has 2 rings (SSSR count). The van der Waals surface area contributed by atoms with Crippen LogP contribution in [0.3, 0.4) is 0 Å². The molecule has 0 bridgehead atoms. The van der Waals surface area contributed by atoms with Crippen molar-refractivity contribution in [3.63, 3.8) is 0 Å². The van der Waals surface area contributed by atoms with Gasteiger partial charge in [0, 0.05) is 16.7 Å². The van der Waals surface area contributed by atoms with Crippen LogP contribution in [0.1, 0.15) is 18.4 Å². The predicted molar refractivity (Wildman–Crippen MR) is 80.6 cm³/mol. The van der Waals surface area contributed by atoms with Crippen molar-refractivity contribution in [3.8, 4) is 0 Å². The molecule has 1 aliphatic heterocycles. The van der Waals surface area contributed by atoms with Crippen LogP contribution in [0, 0.1) is 5.92 Å². The average Bonchev–Trinajstić information content (AvgIpc) is 2.38. The summed E-state index contributed by atoms with van der Waals surface area (Å²) in [6, 6.07) is 3.39. The Morgan fingerprint density at radius 3 is 2.62 bits per heavy atom. The zero-order chi connectivity index (χ0) is 14.8. The molecule has 8 heteroatoms. The van der Waals surface area contributed by atoms with Crippen LogP contribution in [0.25, 0.3) is 0 Å². The zero-order valence-electron chi connectivity index (χ0n) is 11.0. The number of hydrogen-bond donors (Lipinski definition) is 2. The minimum Gasteiger partial charge on any atom is -0.326 e. The van der Waals surface area contributed by atoms with Crippen LogP contribution in [0.4, 0.5) is 18.9 Å². The summed E-state index contributed by atoms with van der Waals surface area (Å²) < 4.78 is 38.4. The van der Waals surface area contributed by atoms with E-state index in [0.717, 1.165) is 31.5 Å². The van der Waals surface area contributed by atoms with E-state index >= 15 is 0 Å². The number of carbonyl (C=O) groups is 1. The Kier molecular flexibility index (Phi) is 6.49. The van der Waals surface area contributed by atoms with E-state index < -0.39 is 11.7 Å². The van der Waals surface area contributed by atoms with Gasteiger partial charge in [0.2, 0.25) is 5.91 Å². The lowest BCUT2D eigenvalue weighted by molar-refractivity contribution is -0.137. The first-order chi connectivity index (χ1) is 9.36. The Morgan fingerprint density at radius 2 is 2.05 bits per heavy atom. The van der Waals surface area contributed by atoms with Gasteiger partial charge < -0.3 is 10.6 Å². The quantitative estimate of drug-likeness (QED) is 0.810. The lowest BCUT2D eigenvalue weighted by atomic mass is 9.99. The van der Waals surface area contributed by atoms with Crippen LogP contribution in [0.15, 0.2) is 22.7 Å². The Balaban J connectivity index is 0.00000220. The summed E-state index contributed by atoms with van der Waals surface area (Å²) in [7, 11) is 0. The van der Waals surface area contributed by atoms with Crippen molar-refractivity contribution in [1.29, 1.82) is 0 Å². The molecule has 21 heavy (non-hydrogen) atoms. The first-order valence-corrected chi connectivity index (χ1v) is 7.05. The minimum absolute atomic E-state index is 0. The van der Waals surface area contributed by atoms with E-state index in [0.29, 0.717) is 6.54 Å². The third-order valence-electron chi connectivity index (χ3n) is 3.16. The summed E-state index contributed by atoms with van der Waals surface area (Å²) in [6.45, 7) is 1.44. The second-order valence-corrected chi connectivity index (χ2v) is 5.67. The molecule has 0 radical (unpaired) electrons. The van der Waals surface area contributed by atoms with E-state index in [2.05, 4.69) is 26.6 Å². The van der Waals surface area contributed by atoms with Crippen molar-refractivity contribution in [2.75, 3.05) is 18.4 Å². The van der Waals surface area contributed by atoms with E-state index in [1.54, 1.807) is 0 Å². The van der Waals surface area contributed by atoms with E-state index in [1.807, 2.05) is 0 Å². The first-order valence-electron chi connectivity index (χ1n) is 6.25. The van der Waals surface area contributed by atoms with Crippen molar-refractivity contribution in [2.24, 2.45) is 5.92 Å². The third-order valence-corrected chi connectivity index (χ3v) is 3.62. The molecule has 2 N–H and O–H groups in total. The number of benzene rings is 1. The number of amides is 1. The third kappa shape index (κ3) is 5.16. The number of hydrogen-bond acceptors (Lipinski definition) is 2. The van der Waals surface area contributed by atoms with Gasteiger partial charge in [-0.25, -0.2) is 0 Å². The molecule has 1 aromatic carbocycles. The van der Waals surface area contributed by atoms with E-state index in [9.17, 15) is 18.0 Å². The second-order valence-electron chi connectivity index (χ2n) is 4.76. The van der Waals surface area contributed by atoms with Crippen LogP contribution >= 0.6 is 28.3 Å². The summed E-state index contributed by atoms with van der Waals surface area (Å²) >= 11 is 3.03. The molecule has 1 heterocycles. The number of nitrogens with one attached hydrogen (secondary N) is 2.